The maximum atomic E-state index is 10.6. The smallest absolute Gasteiger partial charge is 0.404 e. The molecule has 1 amide bonds. The normalized spacial score (nSPS) is 20.7. The average molecular weight is 314 g/mol. The number of aromatic nitrogens is 3. The lowest BCUT2D eigenvalue weighted by Gasteiger charge is -2.28. The van der Waals surface area contributed by atoms with Crippen LogP contribution in [0.5, 0.6) is 6.01 Å². The standard InChI is InChI=1S/C16H18N4O3/c21-16(22)19-12-3-5-13(6-4-12)23-15-18-9-7-14(20-15)11-2-1-8-17-10-11/h1-2,7-10,12-13,19H,3-6H2,(H,21,22)/t12-,13-. The highest BCUT2D eigenvalue weighted by molar-refractivity contribution is 5.64. The zero-order valence-electron chi connectivity index (χ0n) is 12.6. The Labute approximate surface area is 133 Å². The molecule has 2 heterocycles. The van der Waals surface area contributed by atoms with Crippen molar-refractivity contribution in [3.05, 3.63) is 36.8 Å². The number of amides is 1. The highest BCUT2D eigenvalue weighted by Crippen LogP contribution is 2.23. The second kappa shape index (κ2) is 7.04. The van der Waals surface area contributed by atoms with Gasteiger partial charge in [-0.2, -0.15) is 4.98 Å². The van der Waals surface area contributed by atoms with Gasteiger partial charge in [0.25, 0.3) is 0 Å². The van der Waals surface area contributed by atoms with E-state index in [1.807, 2.05) is 18.2 Å². The second-order valence-corrected chi connectivity index (χ2v) is 5.51. The molecule has 2 N–H and O–H groups in total. The summed E-state index contributed by atoms with van der Waals surface area (Å²) in [6.45, 7) is 0. The molecule has 23 heavy (non-hydrogen) atoms. The summed E-state index contributed by atoms with van der Waals surface area (Å²) in [6.07, 6.45) is 7.27. The molecule has 2 aromatic heterocycles. The van der Waals surface area contributed by atoms with E-state index in [9.17, 15) is 4.79 Å². The minimum absolute atomic E-state index is 0.00926. The van der Waals surface area contributed by atoms with Gasteiger partial charge < -0.3 is 15.2 Å². The van der Waals surface area contributed by atoms with Gasteiger partial charge in [-0.25, -0.2) is 9.78 Å². The van der Waals surface area contributed by atoms with Crippen LogP contribution in [0.1, 0.15) is 25.7 Å². The van der Waals surface area contributed by atoms with Crippen LogP contribution >= 0.6 is 0 Å². The number of hydrogen-bond donors (Lipinski definition) is 2. The molecule has 3 rings (SSSR count). The fraction of sp³-hybridized carbons (Fsp3) is 0.375. The van der Waals surface area contributed by atoms with E-state index in [-0.39, 0.29) is 12.1 Å². The van der Waals surface area contributed by atoms with E-state index in [2.05, 4.69) is 20.3 Å². The fourth-order valence-electron chi connectivity index (χ4n) is 2.72. The molecule has 0 aromatic carbocycles. The first kappa shape index (κ1) is 15.2. The van der Waals surface area contributed by atoms with Crippen LogP contribution in [0, 0.1) is 0 Å². The van der Waals surface area contributed by atoms with Gasteiger partial charge in [0.05, 0.1) is 5.69 Å². The first-order valence-corrected chi connectivity index (χ1v) is 7.60. The first-order chi connectivity index (χ1) is 11.2. The number of rotatable bonds is 4. The van der Waals surface area contributed by atoms with E-state index in [1.54, 1.807) is 18.6 Å². The molecule has 2 aromatic rings. The number of carboxylic acid groups (broad SMARTS) is 1. The van der Waals surface area contributed by atoms with Crippen molar-refractivity contribution in [2.24, 2.45) is 0 Å². The third-order valence-corrected chi connectivity index (χ3v) is 3.86. The van der Waals surface area contributed by atoms with Crippen molar-refractivity contribution in [3.8, 4) is 17.3 Å². The Morgan fingerprint density at radius 3 is 2.74 bits per heavy atom. The summed E-state index contributed by atoms with van der Waals surface area (Å²) >= 11 is 0. The van der Waals surface area contributed by atoms with Crippen LogP contribution in [0.2, 0.25) is 0 Å². The molecule has 1 aliphatic carbocycles. The Kier molecular flexibility index (Phi) is 4.65. The van der Waals surface area contributed by atoms with Crippen molar-refractivity contribution in [3.63, 3.8) is 0 Å². The largest absolute Gasteiger partial charge is 0.465 e. The van der Waals surface area contributed by atoms with Gasteiger partial charge in [0.15, 0.2) is 0 Å². The number of hydrogen-bond acceptors (Lipinski definition) is 5. The highest BCUT2D eigenvalue weighted by Gasteiger charge is 2.24. The molecule has 7 heteroatoms. The zero-order valence-corrected chi connectivity index (χ0v) is 12.6. The predicted octanol–water partition coefficient (Wildman–Crippen LogP) is 2.50. The van der Waals surface area contributed by atoms with Crippen LogP contribution in [0.25, 0.3) is 11.3 Å². The lowest BCUT2D eigenvalue weighted by Crippen LogP contribution is -2.39. The van der Waals surface area contributed by atoms with Gasteiger partial charge in [0.1, 0.15) is 6.10 Å². The van der Waals surface area contributed by atoms with Crippen LogP contribution in [0.3, 0.4) is 0 Å². The SMILES string of the molecule is O=C(O)N[C@H]1CC[C@H](Oc2nccc(-c3cccnc3)n2)CC1. The fourth-order valence-corrected chi connectivity index (χ4v) is 2.72. The topological polar surface area (TPSA) is 97.2 Å². The van der Waals surface area contributed by atoms with Gasteiger partial charge in [-0.15, -0.1) is 0 Å². The van der Waals surface area contributed by atoms with Gasteiger partial charge in [-0.1, -0.05) is 0 Å². The summed E-state index contributed by atoms with van der Waals surface area (Å²) in [6, 6.07) is 5.96. The molecular formula is C16H18N4O3. The third-order valence-electron chi connectivity index (χ3n) is 3.86. The molecule has 1 saturated carbocycles. The van der Waals surface area contributed by atoms with Crippen molar-refractivity contribution < 1.29 is 14.6 Å². The number of carbonyl (C=O) groups is 1. The first-order valence-electron chi connectivity index (χ1n) is 7.60. The Bertz CT molecular complexity index is 657. The van der Waals surface area contributed by atoms with Crippen LogP contribution in [0.15, 0.2) is 36.8 Å². The zero-order chi connectivity index (χ0) is 16.1. The molecule has 1 fully saturated rings. The lowest BCUT2D eigenvalue weighted by molar-refractivity contribution is 0.124. The van der Waals surface area contributed by atoms with Crippen molar-refractivity contribution in [1.29, 1.82) is 0 Å². The maximum Gasteiger partial charge on any atom is 0.404 e. The highest BCUT2D eigenvalue weighted by atomic mass is 16.5. The number of ether oxygens (including phenoxy) is 1. The third kappa shape index (κ3) is 4.15. The van der Waals surface area contributed by atoms with E-state index < -0.39 is 6.09 Å². The van der Waals surface area contributed by atoms with Gasteiger partial charge in [0, 0.05) is 30.2 Å². The number of nitrogens with zero attached hydrogens (tertiary/aromatic N) is 3. The quantitative estimate of drug-likeness (QED) is 0.900. The van der Waals surface area contributed by atoms with Crippen LogP contribution < -0.4 is 10.1 Å². The van der Waals surface area contributed by atoms with Gasteiger partial charge in [0.2, 0.25) is 0 Å². The minimum atomic E-state index is -0.970. The van der Waals surface area contributed by atoms with E-state index >= 15 is 0 Å². The van der Waals surface area contributed by atoms with Crippen LogP contribution in [0.4, 0.5) is 4.79 Å². The van der Waals surface area contributed by atoms with Crippen LogP contribution in [-0.4, -0.2) is 38.3 Å². The van der Waals surface area contributed by atoms with E-state index in [0.717, 1.165) is 36.9 Å². The summed E-state index contributed by atoms with van der Waals surface area (Å²) < 4.78 is 5.85. The van der Waals surface area contributed by atoms with Crippen LogP contribution in [-0.2, 0) is 0 Å². The van der Waals surface area contributed by atoms with E-state index in [0.29, 0.717) is 6.01 Å². The minimum Gasteiger partial charge on any atom is -0.465 e. The molecule has 0 spiro atoms. The molecule has 7 nitrogen and oxygen atoms in total. The summed E-state index contributed by atoms with van der Waals surface area (Å²) in [4.78, 5) is 23.3. The van der Waals surface area contributed by atoms with E-state index in [1.165, 1.54) is 0 Å². The molecule has 0 unspecified atom stereocenters. The average Bonchev–Trinajstić information content (AvgIpc) is 2.57. The van der Waals surface area contributed by atoms with Crippen molar-refractivity contribution in [2.45, 2.75) is 37.8 Å². The molecule has 0 aliphatic heterocycles. The molecule has 1 aliphatic rings. The lowest BCUT2D eigenvalue weighted by atomic mass is 9.93. The Hall–Kier alpha value is -2.70. The van der Waals surface area contributed by atoms with Crippen molar-refractivity contribution in [1.82, 2.24) is 20.3 Å². The molecule has 120 valence electrons. The summed E-state index contributed by atoms with van der Waals surface area (Å²) in [5.41, 5.74) is 1.68. The Balaban J connectivity index is 1.60. The van der Waals surface area contributed by atoms with E-state index in [4.69, 9.17) is 9.84 Å². The summed E-state index contributed by atoms with van der Waals surface area (Å²) in [7, 11) is 0. The van der Waals surface area contributed by atoms with Crippen molar-refractivity contribution >= 4 is 6.09 Å². The van der Waals surface area contributed by atoms with Crippen molar-refractivity contribution in [2.75, 3.05) is 0 Å². The summed E-state index contributed by atoms with van der Waals surface area (Å²) in [5.74, 6) is 0. The van der Waals surface area contributed by atoms with Gasteiger partial charge >= 0.3 is 12.1 Å². The molecule has 0 atom stereocenters. The Morgan fingerprint density at radius 2 is 2.04 bits per heavy atom. The van der Waals surface area contributed by atoms with Gasteiger partial charge in [-0.3, -0.25) is 4.98 Å². The maximum absolute atomic E-state index is 10.6. The number of pyridine rings is 1. The number of nitrogens with one attached hydrogen (secondary N) is 1. The second-order valence-electron chi connectivity index (χ2n) is 5.51. The predicted molar refractivity (Wildman–Crippen MR) is 83.1 cm³/mol. The monoisotopic (exact) mass is 314 g/mol. The van der Waals surface area contributed by atoms with Gasteiger partial charge in [-0.05, 0) is 43.9 Å². The molecule has 0 radical (unpaired) electrons. The molecule has 0 saturated heterocycles. The molecular weight excluding hydrogens is 296 g/mol. The molecule has 0 bridgehead atoms. The Morgan fingerprint density at radius 1 is 1.22 bits per heavy atom. The summed E-state index contributed by atoms with van der Waals surface area (Å²) in [5, 5.41) is 11.3.